The minimum absolute atomic E-state index is 0.160. The second kappa shape index (κ2) is 10.2. The number of ether oxygens (including phenoxy) is 5. The summed E-state index contributed by atoms with van der Waals surface area (Å²) in [4.78, 5) is 2.51. The van der Waals surface area contributed by atoms with E-state index < -0.39 is 0 Å². The molecule has 1 N–H and O–H groups in total. The molecular weight excluding hydrogens is 512 g/mol. The Balaban J connectivity index is 0.000000211. The fourth-order valence-corrected chi connectivity index (χ4v) is 6.68. The van der Waals surface area contributed by atoms with Gasteiger partial charge in [0, 0.05) is 74.9 Å². The maximum Gasteiger partial charge on any atom is 0.170 e. The highest BCUT2D eigenvalue weighted by molar-refractivity contribution is 9.10. The summed E-state index contributed by atoms with van der Waals surface area (Å²) in [7, 11) is 0. The van der Waals surface area contributed by atoms with Gasteiger partial charge in [-0.15, -0.1) is 0 Å². The van der Waals surface area contributed by atoms with Crippen molar-refractivity contribution in [3.05, 3.63) is 26.7 Å². The van der Waals surface area contributed by atoms with Crippen molar-refractivity contribution in [2.24, 2.45) is 0 Å². The van der Waals surface area contributed by atoms with Crippen molar-refractivity contribution in [1.29, 1.82) is 0 Å². The van der Waals surface area contributed by atoms with Crippen LogP contribution < -0.4 is 10.1 Å². The van der Waals surface area contributed by atoms with Crippen molar-refractivity contribution >= 4 is 15.9 Å². The molecule has 6 rings (SSSR count). The predicted octanol–water partition coefficient (Wildman–Crippen LogP) is 4.02. The lowest BCUT2D eigenvalue weighted by Crippen LogP contribution is -2.51. The minimum Gasteiger partial charge on any atom is -0.485 e. The second-order valence-electron chi connectivity index (χ2n) is 11.0. The zero-order chi connectivity index (χ0) is 24.7. The molecular formula is C27H41BrN2O5. The summed E-state index contributed by atoms with van der Waals surface area (Å²) in [6, 6.07) is 0. The highest BCUT2D eigenvalue weighted by atomic mass is 79.9. The first-order valence-electron chi connectivity index (χ1n) is 13.2. The maximum atomic E-state index is 6.54. The second-order valence-corrected chi connectivity index (χ2v) is 11.8. The average molecular weight is 554 g/mol. The number of hydrogen-bond acceptors (Lipinski definition) is 7. The number of nitrogens with one attached hydrogen (secondary N) is 1. The van der Waals surface area contributed by atoms with Gasteiger partial charge in [0.1, 0.15) is 11.4 Å². The molecule has 5 aliphatic rings. The standard InChI is InChI=1S/C20H28BrNO3.C7H13NO2/c1-13-14(2)18-16(15(3)17(13)21)11-19(4,25-18)12-22-7-5-20(6-8-22)23-9-10-24-20;1-3-8-4-2-7(1)9-5-6-10-7/h5-12H2,1-4H3;8H,1-6H2. The number of halogens is 1. The van der Waals surface area contributed by atoms with Gasteiger partial charge in [-0.25, -0.2) is 0 Å². The van der Waals surface area contributed by atoms with E-state index in [1.807, 2.05) is 0 Å². The molecule has 1 atom stereocenters. The van der Waals surface area contributed by atoms with Crippen LogP contribution in [0.4, 0.5) is 0 Å². The van der Waals surface area contributed by atoms with Gasteiger partial charge in [0.2, 0.25) is 0 Å². The van der Waals surface area contributed by atoms with E-state index in [0.29, 0.717) is 0 Å². The lowest BCUT2D eigenvalue weighted by Gasteiger charge is -2.40. The molecule has 0 radical (unpaired) electrons. The van der Waals surface area contributed by atoms with E-state index >= 15 is 0 Å². The molecule has 5 heterocycles. The number of fused-ring (bicyclic) bond motifs is 1. The summed E-state index contributed by atoms with van der Waals surface area (Å²) in [6.07, 6.45) is 4.90. The van der Waals surface area contributed by atoms with Crippen molar-refractivity contribution in [2.45, 2.75) is 77.0 Å². The van der Waals surface area contributed by atoms with Gasteiger partial charge in [-0.05, 0) is 44.4 Å². The van der Waals surface area contributed by atoms with Crippen LogP contribution in [-0.2, 0) is 25.4 Å². The van der Waals surface area contributed by atoms with E-state index in [1.54, 1.807) is 0 Å². The molecule has 8 heteroatoms. The van der Waals surface area contributed by atoms with Crippen LogP contribution >= 0.6 is 15.9 Å². The van der Waals surface area contributed by atoms with Gasteiger partial charge < -0.3 is 29.0 Å². The summed E-state index contributed by atoms with van der Waals surface area (Å²) < 4.78 is 30.5. The van der Waals surface area contributed by atoms with Gasteiger partial charge in [0.15, 0.2) is 11.6 Å². The van der Waals surface area contributed by atoms with Gasteiger partial charge in [-0.2, -0.15) is 0 Å². The first-order valence-corrected chi connectivity index (χ1v) is 14.0. The summed E-state index contributed by atoms with van der Waals surface area (Å²) in [5, 5.41) is 3.28. The molecule has 5 aliphatic heterocycles. The van der Waals surface area contributed by atoms with Crippen LogP contribution in [0, 0.1) is 20.8 Å². The molecule has 4 saturated heterocycles. The highest BCUT2D eigenvalue weighted by Gasteiger charge is 2.44. The van der Waals surface area contributed by atoms with Gasteiger partial charge >= 0.3 is 0 Å². The molecule has 0 amide bonds. The quantitative estimate of drug-likeness (QED) is 0.594. The summed E-state index contributed by atoms with van der Waals surface area (Å²) in [6.45, 7) is 16.8. The SMILES string of the molecule is C1CC2(CCN1)OCCO2.Cc1c(C)c2c(c(C)c1Br)CC(C)(CN1CCC3(CC1)OCCO3)O2. The van der Waals surface area contributed by atoms with Crippen LogP contribution in [0.1, 0.15) is 54.9 Å². The Hall–Kier alpha value is -0.740. The van der Waals surface area contributed by atoms with Gasteiger partial charge in [0.25, 0.3) is 0 Å². The molecule has 0 aromatic heterocycles. The van der Waals surface area contributed by atoms with E-state index in [0.717, 1.165) is 97.0 Å². The lowest BCUT2D eigenvalue weighted by molar-refractivity contribution is -0.187. The Kier molecular flexibility index (Phi) is 7.54. The monoisotopic (exact) mass is 552 g/mol. The topological polar surface area (TPSA) is 61.4 Å². The maximum absolute atomic E-state index is 6.54. The van der Waals surface area contributed by atoms with Crippen LogP contribution in [0.3, 0.4) is 0 Å². The fraction of sp³-hybridized carbons (Fsp3) is 0.778. The molecule has 196 valence electrons. The van der Waals surface area contributed by atoms with Crippen molar-refractivity contribution in [3.8, 4) is 5.75 Å². The third kappa shape index (κ3) is 5.31. The zero-order valence-electron chi connectivity index (χ0n) is 21.8. The van der Waals surface area contributed by atoms with E-state index in [4.69, 9.17) is 23.7 Å². The first-order chi connectivity index (χ1) is 16.7. The van der Waals surface area contributed by atoms with Crippen LogP contribution in [0.25, 0.3) is 0 Å². The molecule has 0 aliphatic carbocycles. The van der Waals surface area contributed by atoms with Crippen molar-refractivity contribution < 1.29 is 23.7 Å². The first kappa shape index (κ1) is 25.9. The van der Waals surface area contributed by atoms with Crippen LogP contribution in [0.5, 0.6) is 5.75 Å². The molecule has 2 spiro atoms. The Morgan fingerprint density at radius 2 is 1.34 bits per heavy atom. The lowest BCUT2D eigenvalue weighted by atomic mass is 9.92. The van der Waals surface area contributed by atoms with Crippen LogP contribution in [0.2, 0.25) is 0 Å². The zero-order valence-corrected chi connectivity index (χ0v) is 23.4. The van der Waals surface area contributed by atoms with Crippen molar-refractivity contribution in [1.82, 2.24) is 10.2 Å². The molecule has 1 aromatic carbocycles. The number of nitrogens with zero attached hydrogens (tertiary/aromatic N) is 1. The number of likely N-dealkylation sites (tertiary alicyclic amines) is 1. The van der Waals surface area contributed by atoms with Gasteiger partial charge in [-0.1, -0.05) is 15.9 Å². The molecule has 1 unspecified atom stereocenters. The van der Waals surface area contributed by atoms with Crippen molar-refractivity contribution in [2.75, 3.05) is 59.2 Å². The third-order valence-corrected chi connectivity index (χ3v) is 9.55. The van der Waals surface area contributed by atoms with Gasteiger partial charge in [-0.3, -0.25) is 4.90 Å². The molecule has 0 bridgehead atoms. The largest absolute Gasteiger partial charge is 0.485 e. The third-order valence-electron chi connectivity index (χ3n) is 8.36. The Bertz CT molecular complexity index is 872. The number of piperidine rings is 2. The molecule has 0 saturated carbocycles. The van der Waals surface area contributed by atoms with E-state index in [-0.39, 0.29) is 17.2 Å². The Labute approximate surface area is 218 Å². The molecule has 4 fully saturated rings. The predicted molar refractivity (Wildman–Crippen MR) is 138 cm³/mol. The minimum atomic E-state index is -0.300. The molecule has 1 aromatic rings. The molecule has 35 heavy (non-hydrogen) atoms. The van der Waals surface area contributed by atoms with Gasteiger partial charge in [0.05, 0.1) is 26.4 Å². The van der Waals surface area contributed by atoms with Crippen molar-refractivity contribution in [3.63, 3.8) is 0 Å². The number of benzene rings is 1. The smallest absolute Gasteiger partial charge is 0.170 e. The average Bonchev–Trinajstić information content (AvgIpc) is 3.59. The Morgan fingerprint density at radius 1 is 0.800 bits per heavy atom. The van der Waals surface area contributed by atoms with Crippen LogP contribution in [-0.4, -0.2) is 81.2 Å². The van der Waals surface area contributed by atoms with E-state index in [9.17, 15) is 0 Å². The summed E-state index contributed by atoms with van der Waals surface area (Å²) >= 11 is 3.76. The summed E-state index contributed by atoms with van der Waals surface area (Å²) in [5.41, 5.74) is 5.09. The summed E-state index contributed by atoms with van der Waals surface area (Å²) in [5.74, 6) is 0.619. The van der Waals surface area contributed by atoms with E-state index in [2.05, 4.69) is 53.8 Å². The highest BCUT2D eigenvalue weighted by Crippen LogP contribution is 2.45. The fourth-order valence-electron chi connectivity index (χ4n) is 6.14. The Morgan fingerprint density at radius 3 is 1.91 bits per heavy atom. The van der Waals surface area contributed by atoms with E-state index in [1.165, 1.54) is 26.7 Å². The van der Waals surface area contributed by atoms with Crippen LogP contribution in [0.15, 0.2) is 4.47 Å². The normalized spacial score (nSPS) is 29.2. The molecule has 7 nitrogen and oxygen atoms in total. The number of hydrogen-bond donors (Lipinski definition) is 1. The number of rotatable bonds is 2.